The summed E-state index contributed by atoms with van der Waals surface area (Å²) in [6.07, 6.45) is -4.99. The number of anilines is 1. The molecule has 114 valence electrons. The number of nitrogens with one attached hydrogen (secondary N) is 2. The second kappa shape index (κ2) is 5.28. The quantitative estimate of drug-likeness (QED) is 0.906. The van der Waals surface area contributed by atoms with Crippen LogP contribution in [0.1, 0.15) is 5.69 Å². The molecule has 0 bridgehead atoms. The lowest BCUT2D eigenvalue weighted by Gasteiger charge is -2.13. The molecule has 0 radical (unpaired) electrons. The molecular weight excluding hydrogens is 311 g/mol. The molecular formula is C11H10F3N3O3S. The Hall–Kier alpha value is -2.23. The highest BCUT2D eigenvalue weighted by Crippen LogP contribution is 2.30. The van der Waals surface area contributed by atoms with E-state index in [1.54, 1.807) is 6.92 Å². The van der Waals surface area contributed by atoms with E-state index in [-0.39, 0.29) is 5.82 Å². The van der Waals surface area contributed by atoms with Gasteiger partial charge in [-0.05, 0) is 19.1 Å². The van der Waals surface area contributed by atoms with Crippen molar-refractivity contribution in [2.45, 2.75) is 18.2 Å². The zero-order valence-electron chi connectivity index (χ0n) is 10.6. The van der Waals surface area contributed by atoms with E-state index in [0.717, 1.165) is 12.1 Å². The van der Waals surface area contributed by atoms with Crippen LogP contribution >= 0.6 is 0 Å². The largest absolute Gasteiger partial charge is 0.573 e. The number of nitrogens with zero attached hydrogens (tertiary/aromatic N) is 1. The summed E-state index contributed by atoms with van der Waals surface area (Å²) in [5.41, 5.74) is 0.590. The minimum Gasteiger partial charge on any atom is -0.404 e. The molecule has 0 amide bonds. The highest BCUT2D eigenvalue weighted by molar-refractivity contribution is 7.92. The Morgan fingerprint density at radius 2 is 1.95 bits per heavy atom. The van der Waals surface area contributed by atoms with Crippen molar-refractivity contribution in [2.24, 2.45) is 0 Å². The molecule has 2 rings (SSSR count). The van der Waals surface area contributed by atoms with Crippen LogP contribution in [-0.2, 0) is 10.0 Å². The highest BCUT2D eigenvalue weighted by atomic mass is 32.2. The molecule has 2 N–H and O–H groups in total. The average molecular weight is 321 g/mol. The predicted octanol–water partition coefficient (Wildman–Crippen LogP) is 2.42. The van der Waals surface area contributed by atoms with Gasteiger partial charge < -0.3 is 4.74 Å². The summed E-state index contributed by atoms with van der Waals surface area (Å²) in [5.74, 6) is -0.848. The number of benzene rings is 1. The van der Waals surface area contributed by atoms with Gasteiger partial charge in [0.05, 0.1) is 0 Å². The van der Waals surface area contributed by atoms with E-state index < -0.39 is 27.0 Å². The first kappa shape index (κ1) is 15.2. The zero-order valence-corrected chi connectivity index (χ0v) is 11.4. The number of halogens is 3. The van der Waals surface area contributed by atoms with Crippen molar-refractivity contribution in [1.82, 2.24) is 10.2 Å². The Balaban J connectivity index is 2.36. The highest BCUT2D eigenvalue weighted by Gasteiger charge is 2.34. The van der Waals surface area contributed by atoms with Crippen molar-refractivity contribution < 1.29 is 26.3 Å². The third kappa shape index (κ3) is 3.88. The van der Waals surface area contributed by atoms with E-state index in [1.807, 2.05) is 0 Å². The summed E-state index contributed by atoms with van der Waals surface area (Å²) >= 11 is 0. The van der Waals surface area contributed by atoms with Gasteiger partial charge >= 0.3 is 6.36 Å². The number of hydrogen-bond acceptors (Lipinski definition) is 4. The van der Waals surface area contributed by atoms with Crippen LogP contribution in [0.3, 0.4) is 0 Å². The number of sulfonamides is 1. The smallest absolute Gasteiger partial charge is 0.404 e. The minimum atomic E-state index is -4.99. The monoisotopic (exact) mass is 321 g/mol. The predicted molar refractivity (Wildman–Crippen MR) is 67.3 cm³/mol. The standard InChI is InChI=1S/C11H10F3N3O3S/c1-7-6-10(16-15-7)17-21(18,19)9-5-3-2-4-8(9)20-11(12,13)14/h2-6H,1H3,(H2,15,16,17). The van der Waals surface area contributed by atoms with Gasteiger partial charge in [-0.1, -0.05) is 12.1 Å². The summed E-state index contributed by atoms with van der Waals surface area (Å²) in [6, 6.07) is 5.83. The van der Waals surface area contributed by atoms with Crippen molar-refractivity contribution in [3.8, 4) is 5.75 Å². The molecule has 0 aliphatic rings. The first-order valence-corrected chi connectivity index (χ1v) is 7.05. The number of ether oxygens (including phenoxy) is 1. The second-order valence-corrected chi connectivity index (χ2v) is 5.69. The van der Waals surface area contributed by atoms with E-state index in [2.05, 4.69) is 19.7 Å². The summed E-state index contributed by atoms with van der Waals surface area (Å²) in [5, 5.41) is 6.16. The van der Waals surface area contributed by atoms with Crippen LogP contribution in [0.5, 0.6) is 5.75 Å². The number of alkyl halides is 3. The number of rotatable bonds is 4. The molecule has 0 aliphatic heterocycles. The minimum absolute atomic E-state index is 0.0330. The Labute approximate surface area is 118 Å². The zero-order chi connectivity index (χ0) is 15.7. The van der Waals surface area contributed by atoms with Gasteiger partial charge in [-0.25, -0.2) is 8.42 Å². The number of aryl methyl sites for hydroxylation is 1. The van der Waals surface area contributed by atoms with Crippen LogP contribution in [0, 0.1) is 6.92 Å². The fraction of sp³-hybridized carbons (Fsp3) is 0.182. The molecule has 1 aromatic carbocycles. The fourth-order valence-electron chi connectivity index (χ4n) is 1.54. The van der Waals surface area contributed by atoms with Crippen molar-refractivity contribution in [3.63, 3.8) is 0 Å². The van der Waals surface area contributed by atoms with Crippen LogP contribution < -0.4 is 9.46 Å². The van der Waals surface area contributed by atoms with E-state index >= 15 is 0 Å². The summed E-state index contributed by atoms with van der Waals surface area (Å²) in [7, 11) is -4.26. The first-order chi connectivity index (χ1) is 9.67. The normalized spacial score (nSPS) is 12.2. The molecule has 0 fully saturated rings. The third-order valence-electron chi connectivity index (χ3n) is 2.31. The molecule has 0 atom stereocenters. The maximum atomic E-state index is 12.3. The lowest BCUT2D eigenvalue weighted by Crippen LogP contribution is -2.21. The molecule has 0 saturated carbocycles. The molecule has 10 heteroatoms. The van der Waals surface area contributed by atoms with E-state index in [1.165, 1.54) is 18.2 Å². The van der Waals surface area contributed by atoms with Gasteiger partial charge in [0.25, 0.3) is 10.0 Å². The molecule has 1 aromatic heterocycles. The molecule has 0 unspecified atom stereocenters. The van der Waals surface area contributed by atoms with Crippen LogP contribution in [0.4, 0.5) is 19.0 Å². The van der Waals surface area contributed by atoms with Gasteiger partial charge in [0, 0.05) is 11.8 Å². The summed E-state index contributed by atoms with van der Waals surface area (Å²) < 4.78 is 66.8. The van der Waals surface area contributed by atoms with Gasteiger partial charge in [0.15, 0.2) is 5.82 Å². The number of aromatic nitrogens is 2. The van der Waals surface area contributed by atoms with Crippen LogP contribution in [0.2, 0.25) is 0 Å². The van der Waals surface area contributed by atoms with Crippen molar-refractivity contribution in [2.75, 3.05) is 4.72 Å². The molecule has 6 nitrogen and oxygen atoms in total. The number of aromatic amines is 1. The van der Waals surface area contributed by atoms with E-state index in [4.69, 9.17) is 0 Å². The van der Waals surface area contributed by atoms with E-state index in [9.17, 15) is 21.6 Å². The van der Waals surface area contributed by atoms with Crippen molar-refractivity contribution in [3.05, 3.63) is 36.0 Å². The molecule has 0 aliphatic carbocycles. The van der Waals surface area contributed by atoms with Crippen LogP contribution in [0.25, 0.3) is 0 Å². The number of hydrogen-bond donors (Lipinski definition) is 2. The number of H-pyrrole nitrogens is 1. The third-order valence-corrected chi connectivity index (χ3v) is 3.70. The van der Waals surface area contributed by atoms with Crippen LogP contribution in [-0.4, -0.2) is 25.0 Å². The van der Waals surface area contributed by atoms with Crippen molar-refractivity contribution in [1.29, 1.82) is 0 Å². The van der Waals surface area contributed by atoms with Crippen LogP contribution in [0.15, 0.2) is 35.2 Å². The Morgan fingerprint density at radius 3 is 2.52 bits per heavy atom. The fourth-order valence-corrected chi connectivity index (χ4v) is 2.67. The van der Waals surface area contributed by atoms with Gasteiger partial charge in [0.2, 0.25) is 0 Å². The van der Waals surface area contributed by atoms with Crippen molar-refractivity contribution >= 4 is 15.8 Å². The molecule has 21 heavy (non-hydrogen) atoms. The maximum Gasteiger partial charge on any atom is 0.573 e. The molecule has 2 aromatic rings. The average Bonchev–Trinajstić information content (AvgIpc) is 2.72. The first-order valence-electron chi connectivity index (χ1n) is 5.57. The lowest BCUT2D eigenvalue weighted by molar-refractivity contribution is -0.275. The molecule has 0 spiro atoms. The van der Waals surface area contributed by atoms with Gasteiger partial charge in [0.1, 0.15) is 10.6 Å². The van der Waals surface area contributed by atoms with Gasteiger partial charge in [-0.3, -0.25) is 9.82 Å². The summed E-state index contributed by atoms with van der Waals surface area (Å²) in [4.78, 5) is -0.636. The van der Waals surface area contributed by atoms with Gasteiger partial charge in [-0.2, -0.15) is 5.10 Å². The summed E-state index contributed by atoms with van der Waals surface area (Å²) in [6.45, 7) is 1.64. The maximum absolute atomic E-state index is 12.3. The number of para-hydroxylation sites is 1. The lowest BCUT2D eigenvalue weighted by atomic mass is 10.3. The molecule has 0 saturated heterocycles. The topological polar surface area (TPSA) is 84.1 Å². The Bertz CT molecular complexity index is 740. The van der Waals surface area contributed by atoms with Gasteiger partial charge in [-0.15, -0.1) is 13.2 Å². The molecule has 1 heterocycles. The van der Waals surface area contributed by atoms with E-state index in [0.29, 0.717) is 5.69 Å². The Kier molecular flexibility index (Phi) is 3.81. The SMILES string of the molecule is Cc1cc(NS(=O)(=O)c2ccccc2OC(F)(F)F)n[nH]1. The second-order valence-electron chi connectivity index (χ2n) is 4.04. The Morgan fingerprint density at radius 1 is 1.29 bits per heavy atom.